The fourth-order valence-corrected chi connectivity index (χ4v) is 5.33. The zero-order valence-corrected chi connectivity index (χ0v) is 22.9. The topological polar surface area (TPSA) is 97.5 Å². The number of carbonyl (C=O) groups is 1. The number of Topliss-reactive ketones (excluding diaryl/α,β-unsaturated/α-hetero) is 1. The summed E-state index contributed by atoms with van der Waals surface area (Å²) in [6, 6.07) is 13.4. The lowest BCUT2D eigenvalue weighted by atomic mass is 9.99. The Kier molecular flexibility index (Phi) is 7.15. The number of hydrogen-bond donors (Lipinski definition) is 0. The van der Waals surface area contributed by atoms with Gasteiger partial charge in [0.15, 0.2) is 28.8 Å². The Morgan fingerprint density at radius 1 is 0.929 bits per heavy atom. The minimum atomic E-state index is -0.713. The van der Waals surface area contributed by atoms with E-state index in [-0.39, 0.29) is 29.3 Å². The van der Waals surface area contributed by atoms with Crippen LogP contribution >= 0.6 is 0 Å². The van der Waals surface area contributed by atoms with Gasteiger partial charge in [0.1, 0.15) is 23.4 Å². The van der Waals surface area contributed by atoms with E-state index in [9.17, 15) is 14.0 Å². The maximum atomic E-state index is 15.2. The highest BCUT2D eigenvalue weighted by atomic mass is 19.1. The van der Waals surface area contributed by atoms with Crippen molar-refractivity contribution in [3.63, 3.8) is 0 Å². The summed E-state index contributed by atoms with van der Waals surface area (Å²) in [5.41, 5.74) is 0.961. The molecule has 5 aromatic rings. The summed E-state index contributed by atoms with van der Waals surface area (Å²) < 4.78 is 49.3. The molecular formula is C31H26F2N4O5. The van der Waals surface area contributed by atoms with Crippen molar-refractivity contribution < 1.29 is 27.8 Å². The van der Waals surface area contributed by atoms with Crippen LogP contribution in [0.25, 0.3) is 16.6 Å². The number of aromatic nitrogens is 4. The monoisotopic (exact) mass is 572 g/mol. The first kappa shape index (κ1) is 27.1. The van der Waals surface area contributed by atoms with Crippen LogP contribution in [0.2, 0.25) is 0 Å². The number of para-hydroxylation sites is 1. The van der Waals surface area contributed by atoms with Gasteiger partial charge in [-0.2, -0.15) is 0 Å². The van der Waals surface area contributed by atoms with Gasteiger partial charge in [0, 0.05) is 19.0 Å². The second-order valence-electron chi connectivity index (χ2n) is 9.84. The van der Waals surface area contributed by atoms with E-state index in [1.54, 1.807) is 35.0 Å². The van der Waals surface area contributed by atoms with Gasteiger partial charge in [0.25, 0.3) is 5.56 Å². The van der Waals surface area contributed by atoms with Crippen molar-refractivity contribution in [2.75, 3.05) is 14.2 Å². The van der Waals surface area contributed by atoms with Gasteiger partial charge >= 0.3 is 0 Å². The standard InChI is InChI=1S/C31H26F2N4O5/c1-40-27-15-19-22(16-28(27)41-2)34-17-35-30(19)42-26-11-10-18(13-21(26)33)14-25(38)29-24-9-5-6-12-36(24)37(31(29)39)23-8-4-3-7-20(23)32/h3-4,7-8,10-11,13,15-17H,5-6,9,12,14H2,1-2H3. The third-order valence-electron chi connectivity index (χ3n) is 7.31. The van der Waals surface area contributed by atoms with Gasteiger partial charge in [-0.3, -0.25) is 14.3 Å². The molecule has 1 aliphatic heterocycles. The maximum Gasteiger partial charge on any atom is 0.282 e. The van der Waals surface area contributed by atoms with Crippen LogP contribution in [0.1, 0.15) is 34.5 Å². The Morgan fingerprint density at radius 2 is 1.71 bits per heavy atom. The highest BCUT2D eigenvalue weighted by Gasteiger charge is 2.28. The number of ether oxygens (including phenoxy) is 3. The smallest absolute Gasteiger partial charge is 0.282 e. The lowest BCUT2D eigenvalue weighted by Crippen LogP contribution is -2.25. The van der Waals surface area contributed by atoms with Gasteiger partial charge in [-0.15, -0.1) is 0 Å². The molecule has 0 saturated carbocycles. The first-order chi connectivity index (χ1) is 20.4. The minimum absolute atomic E-state index is 0.00974. The first-order valence-corrected chi connectivity index (χ1v) is 13.4. The summed E-state index contributed by atoms with van der Waals surface area (Å²) in [6.45, 7) is 0.489. The highest BCUT2D eigenvalue weighted by molar-refractivity contribution is 5.98. The molecule has 0 fully saturated rings. The average molecular weight is 573 g/mol. The number of rotatable bonds is 8. The third-order valence-corrected chi connectivity index (χ3v) is 7.31. The fraction of sp³-hybridized carbons (Fsp3) is 0.226. The number of ketones is 1. The van der Waals surface area contributed by atoms with Gasteiger partial charge in [-0.25, -0.2) is 23.4 Å². The van der Waals surface area contributed by atoms with Gasteiger partial charge in [-0.05, 0) is 55.2 Å². The Balaban J connectivity index is 1.29. The van der Waals surface area contributed by atoms with Gasteiger partial charge in [-0.1, -0.05) is 18.2 Å². The van der Waals surface area contributed by atoms with E-state index in [1.807, 2.05) is 0 Å². The van der Waals surface area contributed by atoms with Crippen molar-refractivity contribution in [1.29, 1.82) is 0 Å². The molecule has 42 heavy (non-hydrogen) atoms. The number of carbonyl (C=O) groups excluding carboxylic acids is 1. The van der Waals surface area contributed by atoms with Gasteiger partial charge in [0.05, 0.1) is 30.8 Å². The van der Waals surface area contributed by atoms with E-state index in [2.05, 4.69) is 9.97 Å². The molecular weight excluding hydrogens is 546 g/mol. The van der Waals surface area contributed by atoms with Crippen molar-refractivity contribution in [1.82, 2.24) is 19.3 Å². The van der Waals surface area contributed by atoms with Gasteiger partial charge < -0.3 is 14.2 Å². The van der Waals surface area contributed by atoms with Crippen LogP contribution in [-0.2, 0) is 19.4 Å². The van der Waals surface area contributed by atoms with E-state index in [4.69, 9.17) is 14.2 Å². The van der Waals surface area contributed by atoms with Crippen molar-refractivity contribution >= 4 is 16.7 Å². The molecule has 0 spiro atoms. The molecule has 0 bridgehead atoms. The van der Waals surface area contributed by atoms with Crippen LogP contribution in [0.4, 0.5) is 8.78 Å². The summed E-state index contributed by atoms with van der Waals surface area (Å²) in [5.74, 6) is -0.828. The van der Waals surface area contributed by atoms with Crippen molar-refractivity contribution in [2.24, 2.45) is 0 Å². The number of fused-ring (bicyclic) bond motifs is 2. The summed E-state index contributed by atoms with van der Waals surface area (Å²) in [6.07, 6.45) is 3.20. The van der Waals surface area contributed by atoms with Crippen molar-refractivity contribution in [3.05, 3.63) is 99.7 Å². The van der Waals surface area contributed by atoms with Crippen LogP contribution in [-0.4, -0.2) is 39.3 Å². The molecule has 0 aliphatic carbocycles. The van der Waals surface area contributed by atoms with Crippen LogP contribution in [0.5, 0.6) is 23.1 Å². The largest absolute Gasteiger partial charge is 0.493 e. The molecule has 6 rings (SSSR count). The third kappa shape index (κ3) is 4.76. The van der Waals surface area contributed by atoms with Crippen LogP contribution in [0, 0.1) is 11.6 Å². The molecule has 0 unspecified atom stereocenters. The van der Waals surface area contributed by atoms with Crippen LogP contribution in [0.3, 0.4) is 0 Å². The second-order valence-corrected chi connectivity index (χ2v) is 9.84. The predicted molar refractivity (Wildman–Crippen MR) is 150 cm³/mol. The Morgan fingerprint density at radius 3 is 2.48 bits per heavy atom. The number of methoxy groups -OCH3 is 2. The van der Waals surface area contributed by atoms with Crippen molar-refractivity contribution in [3.8, 4) is 28.8 Å². The summed E-state index contributed by atoms with van der Waals surface area (Å²) >= 11 is 0. The van der Waals surface area contributed by atoms with E-state index in [0.29, 0.717) is 46.6 Å². The predicted octanol–water partition coefficient (Wildman–Crippen LogP) is 5.43. The minimum Gasteiger partial charge on any atom is -0.493 e. The summed E-state index contributed by atoms with van der Waals surface area (Å²) in [7, 11) is 3.00. The molecule has 0 N–H and O–H groups in total. The van der Waals surface area contributed by atoms with E-state index in [1.165, 1.54) is 49.5 Å². The molecule has 1 aliphatic rings. The molecule has 0 atom stereocenters. The molecule has 2 aromatic heterocycles. The summed E-state index contributed by atoms with van der Waals surface area (Å²) in [4.78, 5) is 35.3. The number of benzene rings is 3. The first-order valence-electron chi connectivity index (χ1n) is 13.4. The number of nitrogens with zero attached hydrogens (tertiary/aromatic N) is 4. The molecule has 0 saturated heterocycles. The highest BCUT2D eigenvalue weighted by Crippen LogP contribution is 2.36. The lowest BCUT2D eigenvalue weighted by molar-refractivity contribution is 0.0990. The van der Waals surface area contributed by atoms with E-state index >= 15 is 4.39 Å². The van der Waals surface area contributed by atoms with E-state index in [0.717, 1.165) is 12.8 Å². The second kappa shape index (κ2) is 11.1. The normalized spacial score (nSPS) is 12.7. The number of halogens is 2. The number of hydrogen-bond acceptors (Lipinski definition) is 7. The molecule has 11 heteroatoms. The Labute approximate surface area is 238 Å². The Hall–Kier alpha value is -5.06. The molecule has 0 radical (unpaired) electrons. The Bertz CT molecular complexity index is 1900. The molecule has 3 heterocycles. The van der Waals surface area contributed by atoms with Crippen LogP contribution in [0.15, 0.2) is 65.7 Å². The summed E-state index contributed by atoms with van der Waals surface area (Å²) in [5, 5.41) is 0.485. The van der Waals surface area contributed by atoms with Gasteiger partial charge in [0.2, 0.25) is 5.88 Å². The zero-order valence-electron chi connectivity index (χ0n) is 22.9. The molecule has 3 aromatic carbocycles. The maximum absolute atomic E-state index is 15.2. The zero-order chi connectivity index (χ0) is 29.4. The average Bonchev–Trinajstić information content (AvgIpc) is 3.29. The van der Waals surface area contributed by atoms with Crippen molar-refractivity contribution in [2.45, 2.75) is 32.2 Å². The van der Waals surface area contributed by atoms with E-state index < -0.39 is 23.0 Å². The SMILES string of the molecule is COc1cc2ncnc(Oc3ccc(CC(=O)c4c5n(n(-c6ccccc6F)c4=O)CCCC5)cc3F)c2cc1OC. The quantitative estimate of drug-likeness (QED) is 0.229. The molecule has 9 nitrogen and oxygen atoms in total. The van der Waals surface area contributed by atoms with Crippen LogP contribution < -0.4 is 19.8 Å². The lowest BCUT2D eigenvalue weighted by Gasteiger charge is -2.19. The fourth-order valence-electron chi connectivity index (χ4n) is 5.33. The molecule has 214 valence electrons. The molecule has 0 amide bonds.